The average molecular weight is 296 g/mol. The summed E-state index contributed by atoms with van der Waals surface area (Å²) in [6, 6.07) is 6.17. The quantitative estimate of drug-likeness (QED) is 0.593. The monoisotopic (exact) mass is 296 g/mol. The van der Waals surface area contributed by atoms with Gasteiger partial charge in [0.2, 0.25) is 0 Å². The Kier molecular flexibility index (Phi) is 4.81. The fourth-order valence-corrected chi connectivity index (χ4v) is 7.05. The Bertz CT molecular complexity index is 431. The molecule has 0 atom stereocenters. The second kappa shape index (κ2) is 5.56. The second-order valence-corrected chi connectivity index (χ2v) is 12.0. The Hall–Kier alpha value is -0.750. The maximum absolute atomic E-state index is 5.43. The Labute approximate surface area is 125 Å². The summed E-state index contributed by atoms with van der Waals surface area (Å²) in [7, 11) is 1.70. The topological polar surface area (TPSA) is 18.5 Å². The molecule has 0 amide bonds. The summed E-state index contributed by atoms with van der Waals surface area (Å²) in [6.07, 6.45) is 0. The molecule has 0 unspecified atom stereocenters. The van der Waals surface area contributed by atoms with E-state index in [-0.39, 0.29) is 10.3 Å². The van der Waals surface area contributed by atoms with Gasteiger partial charge < -0.3 is 9.47 Å². The van der Waals surface area contributed by atoms with Gasteiger partial charge in [-0.3, -0.25) is 0 Å². The first-order valence-electron chi connectivity index (χ1n) is 6.94. The van der Waals surface area contributed by atoms with E-state index in [4.69, 9.17) is 16.1 Å². The van der Waals surface area contributed by atoms with Crippen molar-refractivity contribution in [3.63, 3.8) is 0 Å². The predicted octanol–water partition coefficient (Wildman–Crippen LogP) is 4.74. The Morgan fingerprint density at radius 1 is 0.800 bits per heavy atom. The first kappa shape index (κ1) is 17.3. The van der Waals surface area contributed by atoms with Gasteiger partial charge in [0.05, 0.1) is 29.8 Å². The molecule has 0 saturated heterocycles. The average Bonchev–Trinajstić information content (AvgIpc) is 2.34. The van der Waals surface area contributed by atoms with Gasteiger partial charge >= 0.3 is 0 Å². The van der Waals surface area contributed by atoms with Crippen molar-refractivity contribution in [2.24, 2.45) is 0 Å². The van der Waals surface area contributed by atoms with Gasteiger partial charge in [-0.05, 0) is 41.5 Å². The highest BCUT2D eigenvalue weighted by atomic mass is 31.2. The van der Waals surface area contributed by atoms with Crippen molar-refractivity contribution >= 4 is 12.6 Å². The molecular formula is C17H29O2P. The highest BCUT2D eigenvalue weighted by Crippen LogP contribution is 2.74. The zero-order valence-electron chi connectivity index (χ0n) is 14.2. The molecule has 0 bridgehead atoms. The second-order valence-electron chi connectivity index (χ2n) is 7.22. The number of ether oxygens (including phenoxy) is 2. The van der Waals surface area contributed by atoms with E-state index in [0.717, 1.165) is 11.5 Å². The molecule has 1 rings (SSSR count). The largest absolute Gasteiger partial charge is 0.496 e. The van der Waals surface area contributed by atoms with Gasteiger partial charge in [0, 0.05) is 18.2 Å². The van der Waals surface area contributed by atoms with Crippen LogP contribution in [0.4, 0.5) is 0 Å². The van der Waals surface area contributed by atoms with Crippen LogP contribution < -0.4 is 14.8 Å². The van der Waals surface area contributed by atoms with Crippen molar-refractivity contribution in [2.75, 3.05) is 14.2 Å². The van der Waals surface area contributed by atoms with E-state index in [0.29, 0.717) is 0 Å². The summed E-state index contributed by atoms with van der Waals surface area (Å²) in [6.45, 7) is 18.4. The van der Waals surface area contributed by atoms with Gasteiger partial charge in [0.15, 0.2) is 0 Å². The van der Waals surface area contributed by atoms with Crippen LogP contribution in [0.3, 0.4) is 0 Å². The molecular weight excluding hydrogens is 267 g/mol. The van der Waals surface area contributed by atoms with Crippen LogP contribution in [0.2, 0.25) is 0 Å². The molecule has 0 saturated carbocycles. The number of hydrogen-bond donors (Lipinski definition) is 0. The molecule has 0 aliphatic carbocycles. The highest BCUT2D eigenvalue weighted by molar-refractivity contribution is 7.86. The smallest absolute Gasteiger partial charge is 0.126 e. The van der Waals surface area contributed by atoms with Gasteiger partial charge in [-0.1, -0.05) is 7.26 Å². The zero-order valence-corrected chi connectivity index (χ0v) is 15.1. The third kappa shape index (κ3) is 2.96. The fraction of sp³-hybridized carbons (Fsp3) is 0.588. The molecule has 2 nitrogen and oxygen atoms in total. The van der Waals surface area contributed by atoms with Crippen LogP contribution in [0, 0.1) is 6.66 Å². The Balaban J connectivity index is 3.58. The summed E-state index contributed by atoms with van der Waals surface area (Å²) in [5.74, 6) is 1.67. The Morgan fingerprint density at radius 2 is 1.15 bits per heavy atom. The van der Waals surface area contributed by atoms with Crippen molar-refractivity contribution in [3.05, 3.63) is 24.9 Å². The lowest BCUT2D eigenvalue weighted by atomic mass is 10.2. The van der Waals surface area contributed by atoms with E-state index < -0.39 is 7.26 Å². The number of methoxy groups -OCH3 is 2. The fourth-order valence-electron chi connectivity index (χ4n) is 2.79. The highest BCUT2D eigenvalue weighted by Gasteiger charge is 2.49. The molecule has 0 radical (unpaired) electrons. The molecule has 114 valence electrons. The van der Waals surface area contributed by atoms with Crippen LogP contribution in [-0.4, -0.2) is 24.5 Å². The zero-order chi connectivity index (χ0) is 15.8. The van der Waals surface area contributed by atoms with Gasteiger partial charge in [-0.2, -0.15) is 6.66 Å². The van der Waals surface area contributed by atoms with Crippen molar-refractivity contribution in [2.45, 2.75) is 51.9 Å². The molecule has 3 heteroatoms. The molecule has 1 aromatic rings. The van der Waals surface area contributed by atoms with E-state index in [1.54, 1.807) is 14.2 Å². The predicted molar refractivity (Wildman–Crippen MR) is 91.0 cm³/mol. The van der Waals surface area contributed by atoms with Crippen LogP contribution in [0.25, 0.3) is 0 Å². The minimum Gasteiger partial charge on any atom is -0.496 e. The number of benzene rings is 1. The van der Waals surface area contributed by atoms with Crippen molar-refractivity contribution < 1.29 is 9.47 Å². The standard InChI is InChI=1S/C17H29O2P/c1-16(2,3)20(9,17(4,5)6)15-11-13(18-7)10-14(12-15)19-8/h10-12H,9H2,1-8H3. The lowest BCUT2D eigenvalue weighted by molar-refractivity contribution is 0.395. The van der Waals surface area contributed by atoms with Crippen molar-refractivity contribution in [1.82, 2.24) is 0 Å². The third-order valence-corrected chi connectivity index (χ3v) is 9.79. The van der Waals surface area contributed by atoms with Gasteiger partial charge in [-0.15, -0.1) is 0 Å². The molecule has 1 aromatic carbocycles. The van der Waals surface area contributed by atoms with Crippen LogP contribution in [-0.2, 0) is 0 Å². The van der Waals surface area contributed by atoms with E-state index in [1.807, 2.05) is 6.07 Å². The summed E-state index contributed by atoms with van der Waals surface area (Å²) in [5, 5.41) is 1.49. The third-order valence-electron chi connectivity index (χ3n) is 4.07. The van der Waals surface area contributed by atoms with Crippen molar-refractivity contribution in [1.29, 1.82) is 0 Å². The van der Waals surface area contributed by atoms with Gasteiger partial charge in [0.1, 0.15) is 11.5 Å². The van der Waals surface area contributed by atoms with E-state index in [9.17, 15) is 0 Å². The van der Waals surface area contributed by atoms with Crippen LogP contribution in [0.5, 0.6) is 11.5 Å². The molecule has 0 aliphatic rings. The van der Waals surface area contributed by atoms with Crippen LogP contribution >= 0.6 is 7.26 Å². The molecule has 0 heterocycles. The lowest BCUT2D eigenvalue weighted by Crippen LogP contribution is -2.38. The molecule has 0 aliphatic heterocycles. The van der Waals surface area contributed by atoms with E-state index in [2.05, 4.69) is 53.7 Å². The Morgan fingerprint density at radius 3 is 1.40 bits per heavy atom. The van der Waals surface area contributed by atoms with Crippen LogP contribution in [0.15, 0.2) is 18.2 Å². The molecule has 0 fully saturated rings. The molecule has 0 aromatic heterocycles. The summed E-state index contributed by atoms with van der Waals surface area (Å²) in [4.78, 5) is 0. The summed E-state index contributed by atoms with van der Waals surface area (Å²) < 4.78 is 10.9. The minimum atomic E-state index is -1.68. The summed E-state index contributed by atoms with van der Waals surface area (Å²) in [5.41, 5.74) is 0. The van der Waals surface area contributed by atoms with Crippen molar-refractivity contribution in [3.8, 4) is 11.5 Å². The van der Waals surface area contributed by atoms with E-state index in [1.165, 1.54) is 5.30 Å². The SMILES string of the molecule is [CH2-][P+](c1cc(OC)cc(OC)c1)(C(C)(C)C)C(C)(C)C. The molecule has 0 N–H and O–H groups in total. The first-order chi connectivity index (χ1) is 8.97. The van der Waals surface area contributed by atoms with Gasteiger partial charge in [0.25, 0.3) is 0 Å². The number of rotatable bonds is 3. The minimum absolute atomic E-state index is 0.114. The lowest BCUT2D eigenvalue weighted by Gasteiger charge is -2.51. The maximum atomic E-state index is 5.43. The molecule has 0 spiro atoms. The first-order valence-corrected chi connectivity index (χ1v) is 8.92. The summed E-state index contributed by atoms with van der Waals surface area (Å²) >= 11 is 0. The van der Waals surface area contributed by atoms with E-state index >= 15 is 0 Å². The number of hydrogen-bond acceptors (Lipinski definition) is 2. The van der Waals surface area contributed by atoms with Crippen LogP contribution in [0.1, 0.15) is 41.5 Å². The maximum Gasteiger partial charge on any atom is 0.126 e. The van der Waals surface area contributed by atoms with Gasteiger partial charge in [-0.25, -0.2) is 0 Å². The normalized spacial score (nSPS) is 13.2. The molecule has 20 heavy (non-hydrogen) atoms.